The number of hydrogen-bond donors (Lipinski definition) is 4. The fourth-order valence-corrected chi connectivity index (χ4v) is 6.09. The molecule has 47 heavy (non-hydrogen) atoms. The lowest BCUT2D eigenvalue weighted by Crippen LogP contribution is -2.28. The minimum atomic E-state index is -0.463. The van der Waals surface area contributed by atoms with Gasteiger partial charge in [0.25, 0.3) is 5.91 Å². The third-order valence-corrected chi connectivity index (χ3v) is 8.18. The van der Waals surface area contributed by atoms with E-state index in [1.165, 1.54) is 16.1 Å². The quantitative estimate of drug-likeness (QED) is 0.120. The lowest BCUT2D eigenvalue weighted by atomic mass is 9.87. The summed E-state index contributed by atoms with van der Waals surface area (Å²) in [6, 6.07) is 19.8. The number of anilines is 1. The van der Waals surface area contributed by atoms with Gasteiger partial charge in [0.1, 0.15) is 22.9 Å². The standard InChI is InChI=1S/C33H32ClN7O5S/c1-33(2,3)29-25(20-5-4-6-23(15-20)45-19-34)17-41(38-29)39-31(44)36-21-7-9-22(10-8-21)46-24-11-12-27-28(16-24)47-32-37-26(18-40(27)32)30(43)35-13-14-42/h4-12,15-18,42H,13-14,19H2,1-3H3,(H,35,43)(H2,36,39,44). The zero-order valence-corrected chi connectivity index (χ0v) is 27.4. The molecule has 242 valence electrons. The molecule has 3 amide bonds. The van der Waals surface area contributed by atoms with E-state index in [0.717, 1.165) is 27.0 Å². The van der Waals surface area contributed by atoms with Crippen molar-refractivity contribution in [1.29, 1.82) is 0 Å². The molecule has 12 nitrogen and oxygen atoms in total. The molecule has 0 aliphatic carbocycles. The molecule has 0 atom stereocenters. The summed E-state index contributed by atoms with van der Waals surface area (Å²) in [5, 5.41) is 19.0. The van der Waals surface area contributed by atoms with Gasteiger partial charge in [0, 0.05) is 35.5 Å². The number of carbonyl (C=O) groups is 2. The van der Waals surface area contributed by atoms with Gasteiger partial charge >= 0.3 is 6.03 Å². The maximum atomic E-state index is 12.9. The third kappa shape index (κ3) is 7.17. The van der Waals surface area contributed by atoms with Crippen LogP contribution in [0.3, 0.4) is 0 Å². The minimum absolute atomic E-state index is 0.0439. The number of fused-ring (bicyclic) bond motifs is 3. The number of nitrogens with zero attached hydrogens (tertiary/aromatic N) is 4. The van der Waals surface area contributed by atoms with Crippen molar-refractivity contribution in [2.45, 2.75) is 26.2 Å². The Balaban J connectivity index is 1.10. The van der Waals surface area contributed by atoms with Crippen LogP contribution in [0, 0.1) is 0 Å². The van der Waals surface area contributed by atoms with E-state index in [1.807, 2.05) is 46.9 Å². The molecule has 3 aromatic heterocycles. The van der Waals surface area contributed by atoms with Gasteiger partial charge in [-0.05, 0) is 54.1 Å². The second kappa shape index (κ2) is 13.3. The highest BCUT2D eigenvalue weighted by Crippen LogP contribution is 2.34. The van der Waals surface area contributed by atoms with Crippen LogP contribution in [-0.4, -0.2) is 55.5 Å². The molecular formula is C33H32ClN7O5S. The molecule has 0 aliphatic heterocycles. The van der Waals surface area contributed by atoms with E-state index < -0.39 is 6.03 Å². The Bertz CT molecular complexity index is 2060. The zero-order valence-electron chi connectivity index (χ0n) is 25.8. The largest absolute Gasteiger partial charge is 0.478 e. The van der Waals surface area contributed by atoms with Gasteiger partial charge in [-0.15, -0.1) is 0 Å². The van der Waals surface area contributed by atoms with Crippen molar-refractivity contribution in [2.24, 2.45) is 0 Å². The van der Waals surface area contributed by atoms with E-state index in [0.29, 0.717) is 27.9 Å². The summed E-state index contributed by atoms with van der Waals surface area (Å²) in [7, 11) is 0. The smallest absolute Gasteiger partial charge is 0.339 e. The van der Waals surface area contributed by atoms with E-state index in [2.05, 4.69) is 46.9 Å². The summed E-state index contributed by atoms with van der Waals surface area (Å²) in [5.74, 6) is 1.53. The van der Waals surface area contributed by atoms with Crippen LogP contribution < -0.4 is 25.5 Å². The number of rotatable bonds is 10. The van der Waals surface area contributed by atoms with Gasteiger partial charge < -0.3 is 25.2 Å². The number of aromatic nitrogens is 4. The number of thiazole rings is 1. The van der Waals surface area contributed by atoms with Gasteiger partial charge in [-0.3, -0.25) is 9.20 Å². The molecule has 14 heteroatoms. The first-order valence-electron chi connectivity index (χ1n) is 14.7. The van der Waals surface area contributed by atoms with Gasteiger partial charge in [0.15, 0.2) is 11.0 Å². The Labute approximate surface area is 278 Å². The first kappa shape index (κ1) is 31.9. The number of halogens is 1. The van der Waals surface area contributed by atoms with Crippen LogP contribution in [0.2, 0.25) is 0 Å². The zero-order chi connectivity index (χ0) is 33.1. The molecule has 3 heterocycles. The average Bonchev–Trinajstić information content (AvgIpc) is 3.74. The van der Waals surface area contributed by atoms with Crippen LogP contribution in [-0.2, 0) is 5.41 Å². The number of aliphatic hydroxyl groups is 1. The normalized spacial score (nSPS) is 11.5. The molecule has 0 radical (unpaired) electrons. The van der Waals surface area contributed by atoms with Crippen molar-refractivity contribution in [2.75, 3.05) is 30.0 Å². The monoisotopic (exact) mass is 673 g/mol. The lowest BCUT2D eigenvalue weighted by molar-refractivity contribution is 0.0940. The highest BCUT2D eigenvalue weighted by molar-refractivity contribution is 7.23. The Hall–Kier alpha value is -5.11. The summed E-state index contributed by atoms with van der Waals surface area (Å²) < 4.78 is 14.3. The summed E-state index contributed by atoms with van der Waals surface area (Å²) in [4.78, 5) is 31.6. The SMILES string of the molecule is CC(C)(C)c1nn(NC(=O)Nc2ccc(Oc3ccc4c(c3)sc3nc(C(=O)NCCO)cn34)cc2)cc1-c1cccc(OCCl)c1. The molecule has 0 saturated heterocycles. The van der Waals surface area contributed by atoms with Crippen molar-refractivity contribution >= 4 is 55.7 Å². The second-order valence-electron chi connectivity index (χ2n) is 11.5. The number of aliphatic hydroxyl groups excluding tert-OH is 1. The second-order valence-corrected chi connectivity index (χ2v) is 12.8. The van der Waals surface area contributed by atoms with Crippen LogP contribution in [0.4, 0.5) is 10.5 Å². The van der Waals surface area contributed by atoms with Crippen molar-refractivity contribution < 1.29 is 24.2 Å². The van der Waals surface area contributed by atoms with Crippen molar-refractivity contribution in [1.82, 2.24) is 24.6 Å². The highest BCUT2D eigenvalue weighted by atomic mass is 35.5. The van der Waals surface area contributed by atoms with Gasteiger partial charge in [-0.2, -0.15) is 9.89 Å². The molecule has 0 saturated carbocycles. The van der Waals surface area contributed by atoms with Crippen LogP contribution in [0.1, 0.15) is 37.0 Å². The molecule has 4 N–H and O–H groups in total. The van der Waals surface area contributed by atoms with Crippen molar-refractivity contribution in [3.8, 4) is 28.4 Å². The van der Waals surface area contributed by atoms with E-state index in [-0.39, 0.29) is 36.2 Å². The predicted molar refractivity (Wildman–Crippen MR) is 183 cm³/mol. The molecule has 3 aromatic carbocycles. The first-order valence-corrected chi connectivity index (χ1v) is 16.0. The number of ether oxygens (including phenoxy) is 2. The number of nitrogens with one attached hydrogen (secondary N) is 3. The fourth-order valence-electron chi connectivity index (χ4n) is 4.93. The number of benzene rings is 3. The average molecular weight is 674 g/mol. The maximum absolute atomic E-state index is 12.9. The summed E-state index contributed by atoms with van der Waals surface area (Å²) >= 11 is 7.18. The number of alkyl halides is 1. The van der Waals surface area contributed by atoms with Gasteiger partial charge in [0.2, 0.25) is 0 Å². The molecule has 0 bridgehead atoms. The van der Waals surface area contributed by atoms with E-state index in [9.17, 15) is 9.59 Å². The molecule has 0 unspecified atom stereocenters. The number of hydrogen-bond acceptors (Lipinski definition) is 8. The number of amides is 3. The third-order valence-electron chi connectivity index (χ3n) is 7.05. The number of imidazole rings is 1. The first-order chi connectivity index (χ1) is 22.6. The van der Waals surface area contributed by atoms with E-state index >= 15 is 0 Å². The van der Waals surface area contributed by atoms with E-state index in [4.69, 9.17) is 26.2 Å². The van der Waals surface area contributed by atoms with Crippen LogP contribution in [0.25, 0.3) is 26.3 Å². The van der Waals surface area contributed by atoms with Gasteiger partial charge in [-0.25, -0.2) is 15.2 Å². The number of carbonyl (C=O) groups excluding carboxylic acids is 2. The maximum Gasteiger partial charge on any atom is 0.339 e. The molecule has 0 fully saturated rings. The van der Waals surface area contributed by atoms with Gasteiger partial charge in [0.05, 0.1) is 28.7 Å². The molecule has 6 aromatic rings. The summed E-state index contributed by atoms with van der Waals surface area (Å²) in [6.45, 7) is 6.21. The summed E-state index contributed by atoms with van der Waals surface area (Å²) in [6.07, 6.45) is 3.45. The molecule has 0 aliphatic rings. The highest BCUT2D eigenvalue weighted by Gasteiger charge is 2.24. The van der Waals surface area contributed by atoms with Gasteiger partial charge in [-0.1, -0.05) is 55.8 Å². The van der Waals surface area contributed by atoms with Crippen molar-refractivity contribution in [3.05, 3.63) is 90.5 Å². The topological polar surface area (TPSA) is 144 Å². The van der Waals surface area contributed by atoms with Crippen molar-refractivity contribution in [3.63, 3.8) is 0 Å². The Morgan fingerprint density at radius 2 is 1.79 bits per heavy atom. The summed E-state index contributed by atoms with van der Waals surface area (Å²) in [5.41, 5.74) is 6.79. The van der Waals surface area contributed by atoms with Crippen LogP contribution in [0.15, 0.2) is 79.1 Å². The van der Waals surface area contributed by atoms with Crippen LogP contribution >= 0.6 is 22.9 Å². The van der Waals surface area contributed by atoms with E-state index in [1.54, 1.807) is 36.7 Å². The lowest BCUT2D eigenvalue weighted by Gasteiger charge is -2.17. The Morgan fingerprint density at radius 1 is 1.00 bits per heavy atom. The van der Waals surface area contributed by atoms with Crippen LogP contribution in [0.5, 0.6) is 17.2 Å². The minimum Gasteiger partial charge on any atom is -0.478 e. The molecule has 0 spiro atoms. The molecule has 6 rings (SSSR count). The predicted octanol–water partition coefficient (Wildman–Crippen LogP) is 6.58. The molecular weight excluding hydrogens is 642 g/mol. The fraction of sp³-hybridized carbons (Fsp3) is 0.212. The Kier molecular flexibility index (Phi) is 9.03. The Morgan fingerprint density at radius 3 is 2.53 bits per heavy atom. The number of urea groups is 1.